The number of alkyl halides is 3. The molecule has 0 aliphatic rings. The Morgan fingerprint density at radius 3 is 2.53 bits per heavy atom. The Morgan fingerprint density at radius 2 is 1.80 bits per heavy atom. The molecule has 3 rings (SSSR count). The number of carbonyl (C=O) groups excluding carboxylic acids is 2. The van der Waals surface area contributed by atoms with Crippen molar-refractivity contribution < 1.29 is 32.2 Å². The van der Waals surface area contributed by atoms with Crippen LogP contribution in [0, 0.1) is 0 Å². The SMILES string of the molecule is COC(=O)C(Cc1c[nH]c2ccccc12)NC(=O)COc1ccccc1C(F)(F)F. The minimum atomic E-state index is -4.61. The first-order valence-electron chi connectivity index (χ1n) is 9.01. The first kappa shape index (κ1) is 21.2. The highest BCUT2D eigenvalue weighted by Crippen LogP contribution is 2.35. The fourth-order valence-electron chi connectivity index (χ4n) is 3.06. The van der Waals surface area contributed by atoms with E-state index in [0.29, 0.717) is 0 Å². The van der Waals surface area contributed by atoms with Gasteiger partial charge in [0, 0.05) is 23.5 Å². The maximum Gasteiger partial charge on any atom is 0.419 e. The van der Waals surface area contributed by atoms with Gasteiger partial charge in [0.15, 0.2) is 6.61 Å². The Bertz CT molecular complexity index is 1050. The van der Waals surface area contributed by atoms with Crippen molar-refractivity contribution in [2.45, 2.75) is 18.6 Å². The average Bonchev–Trinajstić information content (AvgIpc) is 3.13. The monoisotopic (exact) mass is 420 g/mol. The molecule has 1 amide bonds. The number of aromatic amines is 1. The van der Waals surface area contributed by atoms with Gasteiger partial charge < -0.3 is 19.8 Å². The molecule has 2 N–H and O–H groups in total. The summed E-state index contributed by atoms with van der Waals surface area (Å²) in [5, 5.41) is 3.35. The summed E-state index contributed by atoms with van der Waals surface area (Å²) < 4.78 is 48.9. The Balaban J connectivity index is 1.69. The third-order valence-corrected chi connectivity index (χ3v) is 4.47. The summed E-state index contributed by atoms with van der Waals surface area (Å²) in [5.74, 6) is -1.89. The molecule has 0 saturated heterocycles. The molecule has 0 radical (unpaired) electrons. The normalized spacial score (nSPS) is 12.4. The van der Waals surface area contributed by atoms with Crippen LogP contribution in [0.1, 0.15) is 11.1 Å². The van der Waals surface area contributed by atoms with E-state index in [1.165, 1.54) is 19.2 Å². The fourth-order valence-corrected chi connectivity index (χ4v) is 3.06. The van der Waals surface area contributed by atoms with E-state index in [4.69, 9.17) is 9.47 Å². The van der Waals surface area contributed by atoms with E-state index in [2.05, 4.69) is 10.3 Å². The molecular weight excluding hydrogens is 401 g/mol. The van der Waals surface area contributed by atoms with Crippen molar-refractivity contribution in [1.82, 2.24) is 10.3 Å². The summed E-state index contributed by atoms with van der Waals surface area (Å²) in [7, 11) is 1.19. The Morgan fingerprint density at radius 1 is 1.10 bits per heavy atom. The number of nitrogens with one attached hydrogen (secondary N) is 2. The minimum absolute atomic E-state index is 0.140. The van der Waals surface area contributed by atoms with Crippen molar-refractivity contribution in [1.29, 1.82) is 0 Å². The van der Waals surface area contributed by atoms with Crippen LogP contribution < -0.4 is 10.1 Å². The number of hydrogen-bond donors (Lipinski definition) is 2. The van der Waals surface area contributed by atoms with Crippen LogP contribution in [-0.4, -0.2) is 36.6 Å². The van der Waals surface area contributed by atoms with E-state index in [9.17, 15) is 22.8 Å². The number of amides is 1. The zero-order valence-electron chi connectivity index (χ0n) is 16.0. The molecule has 6 nitrogen and oxygen atoms in total. The van der Waals surface area contributed by atoms with Gasteiger partial charge in [0.05, 0.1) is 12.7 Å². The standard InChI is InChI=1S/C21H19F3N2O4/c1-29-20(28)17(10-13-11-25-16-8-4-2-6-14(13)16)26-19(27)12-30-18-9-5-3-7-15(18)21(22,23)24/h2-9,11,17,25H,10,12H2,1H3,(H,26,27). The molecule has 0 saturated carbocycles. The number of benzene rings is 2. The lowest BCUT2D eigenvalue weighted by Crippen LogP contribution is -2.45. The van der Waals surface area contributed by atoms with E-state index in [1.54, 1.807) is 6.20 Å². The van der Waals surface area contributed by atoms with Crippen molar-refractivity contribution >= 4 is 22.8 Å². The maximum atomic E-state index is 13.0. The second kappa shape index (κ2) is 8.89. The predicted molar refractivity (Wildman–Crippen MR) is 103 cm³/mol. The number of H-pyrrole nitrogens is 1. The number of rotatable bonds is 7. The van der Waals surface area contributed by atoms with E-state index in [-0.39, 0.29) is 6.42 Å². The van der Waals surface area contributed by atoms with Gasteiger partial charge in [-0.15, -0.1) is 0 Å². The van der Waals surface area contributed by atoms with Crippen LogP contribution in [-0.2, 0) is 26.9 Å². The third kappa shape index (κ3) is 4.91. The molecule has 2 aromatic carbocycles. The largest absolute Gasteiger partial charge is 0.483 e. The zero-order valence-corrected chi connectivity index (χ0v) is 16.0. The molecule has 0 aliphatic carbocycles. The number of hydrogen-bond acceptors (Lipinski definition) is 4. The number of carbonyl (C=O) groups is 2. The van der Waals surface area contributed by atoms with Gasteiger partial charge in [-0.1, -0.05) is 30.3 Å². The summed E-state index contributed by atoms with van der Waals surface area (Å²) >= 11 is 0. The number of esters is 1. The number of methoxy groups -OCH3 is 1. The van der Waals surface area contributed by atoms with Crippen molar-refractivity contribution in [2.24, 2.45) is 0 Å². The van der Waals surface area contributed by atoms with Crippen LogP contribution in [0.5, 0.6) is 5.75 Å². The lowest BCUT2D eigenvalue weighted by Gasteiger charge is -2.17. The molecule has 158 valence electrons. The predicted octanol–water partition coefficient (Wildman–Crippen LogP) is 3.47. The quantitative estimate of drug-likeness (QED) is 0.574. The van der Waals surface area contributed by atoms with Crippen LogP contribution >= 0.6 is 0 Å². The Hall–Kier alpha value is -3.49. The van der Waals surface area contributed by atoms with Gasteiger partial charge >= 0.3 is 12.1 Å². The molecule has 1 unspecified atom stereocenters. The summed E-state index contributed by atoms with van der Waals surface area (Å²) in [4.78, 5) is 27.5. The maximum absolute atomic E-state index is 13.0. The molecule has 30 heavy (non-hydrogen) atoms. The highest BCUT2D eigenvalue weighted by molar-refractivity contribution is 5.87. The first-order valence-corrected chi connectivity index (χ1v) is 9.01. The van der Waals surface area contributed by atoms with Gasteiger partial charge in [-0.05, 0) is 23.8 Å². The molecular formula is C21H19F3N2O4. The van der Waals surface area contributed by atoms with E-state index >= 15 is 0 Å². The van der Waals surface area contributed by atoms with E-state index in [1.807, 2.05) is 24.3 Å². The zero-order chi connectivity index (χ0) is 21.7. The number of halogens is 3. The highest BCUT2D eigenvalue weighted by Gasteiger charge is 2.34. The number of aromatic nitrogens is 1. The van der Waals surface area contributed by atoms with E-state index < -0.39 is 42.0 Å². The second-order valence-corrected chi connectivity index (χ2v) is 6.49. The van der Waals surface area contributed by atoms with Gasteiger partial charge in [-0.2, -0.15) is 13.2 Å². The van der Waals surface area contributed by atoms with Crippen molar-refractivity contribution in [3.8, 4) is 5.75 Å². The smallest absolute Gasteiger partial charge is 0.419 e. The molecule has 1 atom stereocenters. The van der Waals surface area contributed by atoms with Gasteiger partial charge in [-0.25, -0.2) is 4.79 Å². The van der Waals surface area contributed by atoms with Crippen LogP contribution in [0.2, 0.25) is 0 Å². The highest BCUT2D eigenvalue weighted by atomic mass is 19.4. The summed E-state index contributed by atoms with van der Waals surface area (Å²) in [6, 6.07) is 11.0. The minimum Gasteiger partial charge on any atom is -0.483 e. The molecule has 1 heterocycles. The number of para-hydroxylation sites is 2. The first-order chi connectivity index (χ1) is 14.3. The van der Waals surface area contributed by atoms with E-state index in [0.717, 1.165) is 28.6 Å². The lowest BCUT2D eigenvalue weighted by atomic mass is 10.0. The molecule has 0 aliphatic heterocycles. The summed E-state index contributed by atoms with van der Waals surface area (Å²) in [5.41, 5.74) is 0.667. The Labute approximate surface area is 170 Å². The average molecular weight is 420 g/mol. The number of ether oxygens (including phenoxy) is 2. The molecule has 9 heteroatoms. The second-order valence-electron chi connectivity index (χ2n) is 6.49. The summed E-state index contributed by atoms with van der Waals surface area (Å²) in [6.07, 6.45) is -2.75. The van der Waals surface area contributed by atoms with Crippen molar-refractivity contribution in [3.63, 3.8) is 0 Å². The molecule has 0 spiro atoms. The van der Waals surface area contributed by atoms with Crippen LogP contribution in [0.15, 0.2) is 54.7 Å². The van der Waals surface area contributed by atoms with Crippen LogP contribution in [0.4, 0.5) is 13.2 Å². The van der Waals surface area contributed by atoms with Crippen LogP contribution in [0.25, 0.3) is 10.9 Å². The van der Waals surface area contributed by atoms with Crippen molar-refractivity contribution in [3.05, 3.63) is 65.9 Å². The van der Waals surface area contributed by atoms with Gasteiger partial charge in [-0.3, -0.25) is 4.79 Å². The summed E-state index contributed by atoms with van der Waals surface area (Å²) in [6.45, 7) is -0.686. The topological polar surface area (TPSA) is 80.4 Å². The Kier molecular flexibility index (Phi) is 6.29. The lowest BCUT2D eigenvalue weighted by molar-refractivity contribution is -0.145. The third-order valence-electron chi connectivity index (χ3n) is 4.47. The molecule has 1 aromatic heterocycles. The van der Waals surface area contributed by atoms with Gasteiger partial charge in [0.1, 0.15) is 11.8 Å². The number of fused-ring (bicyclic) bond motifs is 1. The van der Waals surface area contributed by atoms with Gasteiger partial charge in [0.2, 0.25) is 0 Å². The fraction of sp³-hybridized carbons (Fsp3) is 0.238. The van der Waals surface area contributed by atoms with Crippen LogP contribution in [0.3, 0.4) is 0 Å². The molecule has 0 fully saturated rings. The van der Waals surface area contributed by atoms with Gasteiger partial charge in [0.25, 0.3) is 5.91 Å². The van der Waals surface area contributed by atoms with Crippen molar-refractivity contribution in [2.75, 3.05) is 13.7 Å². The molecule has 3 aromatic rings. The molecule has 0 bridgehead atoms.